The summed E-state index contributed by atoms with van der Waals surface area (Å²) < 4.78 is 1.72. The number of hydrogen-bond donors (Lipinski definition) is 1. The van der Waals surface area contributed by atoms with Crippen molar-refractivity contribution in [2.75, 3.05) is 5.32 Å². The summed E-state index contributed by atoms with van der Waals surface area (Å²) >= 11 is 1.36. The van der Waals surface area contributed by atoms with E-state index in [2.05, 4.69) is 51.1 Å². The Bertz CT molecular complexity index is 1140. The average molecular weight is 383 g/mol. The lowest BCUT2D eigenvalue weighted by Gasteiger charge is -2.20. The first-order chi connectivity index (χ1) is 13.3. The van der Waals surface area contributed by atoms with Gasteiger partial charge in [-0.3, -0.25) is 4.79 Å². The summed E-state index contributed by atoms with van der Waals surface area (Å²) in [5, 5.41) is 26.8. The lowest BCUT2D eigenvalue weighted by Crippen LogP contribution is -2.32. The lowest BCUT2D eigenvalue weighted by atomic mass is 9.94. The van der Waals surface area contributed by atoms with Gasteiger partial charge < -0.3 is 9.88 Å². The Labute approximate surface area is 155 Å². The van der Waals surface area contributed by atoms with Crippen molar-refractivity contribution in [3.05, 3.63) is 12.2 Å². The van der Waals surface area contributed by atoms with E-state index in [0.717, 1.165) is 19.3 Å². The molecule has 1 atom stereocenters. The summed E-state index contributed by atoms with van der Waals surface area (Å²) in [6.07, 6.45) is 5.04. The minimum Gasteiger partial charge on any atom is -0.352 e. The zero-order valence-corrected chi connectivity index (χ0v) is 14.8. The number of carbonyl (C=O) groups excluding carboxylic acids is 1. The Kier molecular flexibility index (Phi) is 3.85. The van der Waals surface area contributed by atoms with Crippen molar-refractivity contribution in [1.29, 1.82) is 0 Å². The first-order valence-corrected chi connectivity index (χ1v) is 9.24. The van der Waals surface area contributed by atoms with Crippen LogP contribution in [-0.2, 0) is 11.3 Å². The first-order valence-electron chi connectivity index (χ1n) is 8.42. The topological polar surface area (TPSA) is 150 Å². The molecule has 5 rings (SSSR count). The van der Waals surface area contributed by atoms with E-state index in [0.29, 0.717) is 45.7 Å². The van der Waals surface area contributed by atoms with E-state index in [1.165, 1.54) is 11.3 Å². The molecule has 0 saturated heterocycles. The van der Waals surface area contributed by atoms with Crippen molar-refractivity contribution in [2.24, 2.45) is 0 Å². The summed E-state index contributed by atoms with van der Waals surface area (Å²) in [5.41, 5.74) is 1.35. The van der Waals surface area contributed by atoms with Gasteiger partial charge in [-0.25, -0.2) is 9.97 Å². The molecular weight excluding hydrogens is 370 g/mol. The van der Waals surface area contributed by atoms with Gasteiger partial charge in [-0.2, -0.15) is 4.98 Å². The molecule has 0 bridgehead atoms. The number of rotatable bonds is 4. The molecule has 0 aliphatic heterocycles. The second kappa shape index (κ2) is 6.50. The molecule has 4 aromatic rings. The molecule has 0 unspecified atom stereocenters. The van der Waals surface area contributed by atoms with Crippen molar-refractivity contribution in [3.63, 3.8) is 0 Å². The van der Waals surface area contributed by atoms with Crippen LogP contribution in [0.1, 0.15) is 31.5 Å². The van der Waals surface area contributed by atoms with Gasteiger partial charge in [0.1, 0.15) is 0 Å². The highest BCUT2D eigenvalue weighted by Crippen LogP contribution is 2.25. The highest BCUT2D eigenvalue weighted by Gasteiger charge is 2.23. The molecule has 4 heterocycles. The summed E-state index contributed by atoms with van der Waals surface area (Å²) in [6, 6.07) is -0.177. The van der Waals surface area contributed by atoms with E-state index in [9.17, 15) is 4.79 Å². The molecule has 0 spiro atoms. The number of thiazole rings is 1. The number of carbonyl (C=O) groups is 1. The van der Waals surface area contributed by atoms with E-state index < -0.39 is 0 Å². The van der Waals surface area contributed by atoms with Gasteiger partial charge in [-0.05, 0) is 23.3 Å². The first kappa shape index (κ1) is 16.0. The predicted molar refractivity (Wildman–Crippen MR) is 93.9 cm³/mol. The molecule has 4 aromatic heterocycles. The fourth-order valence-electron chi connectivity index (χ4n) is 3.03. The van der Waals surface area contributed by atoms with Crippen LogP contribution in [0, 0.1) is 0 Å². The van der Waals surface area contributed by atoms with Crippen LogP contribution >= 0.6 is 11.3 Å². The lowest BCUT2D eigenvalue weighted by molar-refractivity contribution is -0.121. The molecular formula is C14H13N11OS. The fraction of sp³-hybridized carbons (Fsp3) is 0.429. The number of nitrogens with one attached hydrogen (secondary N) is 1. The molecule has 1 fully saturated rings. The van der Waals surface area contributed by atoms with Gasteiger partial charge in [0.05, 0.1) is 18.9 Å². The van der Waals surface area contributed by atoms with Crippen molar-refractivity contribution in [2.45, 2.75) is 38.3 Å². The second-order valence-corrected chi connectivity index (χ2v) is 7.16. The van der Waals surface area contributed by atoms with Crippen molar-refractivity contribution < 1.29 is 4.79 Å². The van der Waals surface area contributed by atoms with Crippen LogP contribution in [0.25, 0.3) is 21.8 Å². The molecule has 1 aliphatic carbocycles. The molecule has 27 heavy (non-hydrogen) atoms. The van der Waals surface area contributed by atoms with Crippen molar-refractivity contribution in [1.82, 2.24) is 50.3 Å². The summed E-state index contributed by atoms with van der Waals surface area (Å²) in [4.78, 5) is 25.7. The Morgan fingerprint density at radius 2 is 2.04 bits per heavy atom. The Morgan fingerprint density at radius 3 is 2.96 bits per heavy atom. The van der Waals surface area contributed by atoms with E-state index >= 15 is 0 Å². The third-order valence-corrected chi connectivity index (χ3v) is 5.23. The Balaban J connectivity index is 1.39. The maximum Gasteiger partial charge on any atom is 0.223 e. The molecule has 13 heteroatoms. The standard InChI is InChI=1S/C14H13N11OS/c26-8-4-2-1-3-7(8)16-14-18-11-13(27-14)17-9(19-20-11)5-25-6-15-10-12(25)22-24-23-21-10/h6-7H,1-5H2,(H,16,18,20)/t7-/m1/s1. The average Bonchev–Trinajstić information content (AvgIpc) is 3.27. The highest BCUT2D eigenvalue weighted by molar-refractivity contribution is 7.21. The molecule has 0 amide bonds. The Hall–Kier alpha value is -3.22. The molecule has 1 saturated carbocycles. The quantitative estimate of drug-likeness (QED) is 0.521. The second-order valence-electron chi connectivity index (χ2n) is 6.18. The number of Topliss-reactive ketones (excluding diaryl/α,β-unsaturated/α-hetero) is 1. The maximum atomic E-state index is 12.0. The highest BCUT2D eigenvalue weighted by atomic mass is 32.1. The number of aromatic nitrogens is 10. The normalized spacial score (nSPS) is 17.6. The van der Waals surface area contributed by atoms with E-state index in [1.54, 1.807) is 10.9 Å². The third kappa shape index (κ3) is 3.05. The van der Waals surface area contributed by atoms with Gasteiger partial charge in [0.2, 0.25) is 16.9 Å². The van der Waals surface area contributed by atoms with Crippen LogP contribution in [0.5, 0.6) is 0 Å². The van der Waals surface area contributed by atoms with Crippen LogP contribution < -0.4 is 5.32 Å². The van der Waals surface area contributed by atoms with Crippen LogP contribution in [0.2, 0.25) is 0 Å². The van der Waals surface area contributed by atoms with Gasteiger partial charge in [0.15, 0.2) is 21.6 Å². The zero-order chi connectivity index (χ0) is 18.2. The molecule has 1 aliphatic rings. The monoisotopic (exact) mass is 383 g/mol. The number of ketones is 1. The third-order valence-electron chi connectivity index (χ3n) is 4.36. The summed E-state index contributed by atoms with van der Waals surface area (Å²) in [5.74, 6) is 0.723. The van der Waals surface area contributed by atoms with Crippen LogP contribution in [0.15, 0.2) is 6.33 Å². The zero-order valence-electron chi connectivity index (χ0n) is 14.0. The molecule has 1 N–H and O–H groups in total. The molecule has 136 valence electrons. The maximum absolute atomic E-state index is 12.0. The van der Waals surface area contributed by atoms with Gasteiger partial charge in [0, 0.05) is 6.42 Å². The Morgan fingerprint density at radius 1 is 1.11 bits per heavy atom. The number of nitrogens with zero attached hydrogens (tertiary/aromatic N) is 10. The van der Waals surface area contributed by atoms with E-state index in [-0.39, 0.29) is 11.8 Å². The van der Waals surface area contributed by atoms with Crippen molar-refractivity contribution in [3.8, 4) is 0 Å². The van der Waals surface area contributed by atoms with Crippen LogP contribution in [0.4, 0.5) is 5.13 Å². The van der Waals surface area contributed by atoms with Gasteiger partial charge in [-0.1, -0.05) is 17.8 Å². The van der Waals surface area contributed by atoms with Crippen molar-refractivity contribution >= 4 is 44.0 Å². The molecule has 0 radical (unpaired) electrons. The number of fused-ring (bicyclic) bond motifs is 2. The minimum atomic E-state index is -0.177. The van der Waals surface area contributed by atoms with Gasteiger partial charge >= 0.3 is 0 Å². The fourth-order valence-corrected chi connectivity index (χ4v) is 3.88. The smallest absolute Gasteiger partial charge is 0.223 e. The predicted octanol–water partition coefficient (Wildman–Crippen LogP) is 0.383. The minimum absolute atomic E-state index is 0.177. The van der Waals surface area contributed by atoms with E-state index in [4.69, 9.17) is 0 Å². The summed E-state index contributed by atoms with van der Waals surface area (Å²) in [7, 11) is 0. The number of hydrogen-bond acceptors (Lipinski definition) is 12. The van der Waals surface area contributed by atoms with Crippen LogP contribution in [0.3, 0.4) is 0 Å². The molecule has 12 nitrogen and oxygen atoms in total. The van der Waals surface area contributed by atoms with Gasteiger partial charge in [-0.15, -0.1) is 20.4 Å². The summed E-state index contributed by atoms with van der Waals surface area (Å²) in [6.45, 7) is 0.321. The SMILES string of the molecule is O=C1CCCC[C@H]1Nc1nc2nnc(Cn3cnc4nnnnc43)nc2s1. The number of anilines is 1. The van der Waals surface area contributed by atoms with Crippen LogP contribution in [-0.4, -0.2) is 62.2 Å². The number of imidazole rings is 1. The van der Waals surface area contributed by atoms with E-state index in [1.807, 2.05) is 0 Å². The largest absolute Gasteiger partial charge is 0.352 e. The molecule has 0 aromatic carbocycles. The van der Waals surface area contributed by atoms with Gasteiger partial charge in [0.25, 0.3) is 0 Å².